The van der Waals surface area contributed by atoms with Gasteiger partial charge in [0, 0.05) is 16.4 Å². The Morgan fingerprint density at radius 2 is 2.31 bits per heavy atom. The van der Waals surface area contributed by atoms with Gasteiger partial charge in [-0.3, -0.25) is 4.79 Å². The number of rotatable bonds is 3. The van der Waals surface area contributed by atoms with Crippen LogP contribution in [0.5, 0.6) is 0 Å². The molecule has 13 heavy (non-hydrogen) atoms. The molecule has 1 heterocycles. The molecule has 0 saturated carbocycles. The molecular formula is C9H12BrNOS. The van der Waals surface area contributed by atoms with E-state index >= 15 is 0 Å². The molecule has 0 aromatic carbocycles. The number of carbonyl (C=O) groups is 1. The van der Waals surface area contributed by atoms with Crippen LogP contribution in [0.4, 0.5) is 0 Å². The predicted molar refractivity (Wildman–Crippen MR) is 59.2 cm³/mol. The Kier molecular flexibility index (Phi) is 3.27. The Balaban J connectivity index is 2.76. The molecular weight excluding hydrogens is 250 g/mol. The zero-order valence-corrected chi connectivity index (χ0v) is 10.0. The van der Waals surface area contributed by atoms with Crippen LogP contribution in [0, 0.1) is 0 Å². The lowest BCUT2D eigenvalue weighted by molar-refractivity contribution is 0.0963. The molecule has 0 saturated heterocycles. The van der Waals surface area contributed by atoms with Gasteiger partial charge < -0.3 is 5.73 Å². The average molecular weight is 262 g/mol. The molecule has 1 aromatic heterocycles. The Bertz CT molecular complexity index is 314. The molecule has 0 bridgehead atoms. The van der Waals surface area contributed by atoms with E-state index in [1.54, 1.807) is 0 Å². The number of Topliss-reactive ketones (excluding diaryl/α,β-unsaturated/α-hetero) is 1. The Morgan fingerprint density at radius 1 is 1.69 bits per heavy atom. The minimum absolute atomic E-state index is 0.106. The summed E-state index contributed by atoms with van der Waals surface area (Å²) in [5.74, 6) is 0.106. The molecule has 0 aliphatic heterocycles. The largest absolute Gasteiger partial charge is 0.325 e. The minimum atomic E-state index is -0.430. The second kappa shape index (κ2) is 3.90. The summed E-state index contributed by atoms with van der Waals surface area (Å²) in [7, 11) is 0. The maximum atomic E-state index is 11.6. The van der Waals surface area contributed by atoms with Crippen molar-refractivity contribution in [3.63, 3.8) is 0 Å². The molecule has 1 rings (SSSR count). The second-order valence-corrected chi connectivity index (χ2v) is 5.46. The fraction of sp³-hybridized carbons (Fsp3) is 0.444. The standard InChI is InChI=1S/C9H12BrNOS/c1-9(2,11)5-7(12)8-6(10)3-4-13-8/h3-4H,5,11H2,1-2H3. The first kappa shape index (κ1) is 10.9. The van der Waals surface area contributed by atoms with Crippen LogP contribution in [0.3, 0.4) is 0 Å². The number of nitrogens with two attached hydrogens (primary N) is 1. The van der Waals surface area contributed by atoms with Crippen molar-refractivity contribution in [1.29, 1.82) is 0 Å². The first-order valence-electron chi connectivity index (χ1n) is 3.95. The molecule has 0 aliphatic carbocycles. The lowest BCUT2D eigenvalue weighted by Gasteiger charge is -2.16. The lowest BCUT2D eigenvalue weighted by atomic mass is 9.99. The fourth-order valence-electron chi connectivity index (χ4n) is 0.987. The van der Waals surface area contributed by atoms with Crippen molar-refractivity contribution in [2.75, 3.05) is 0 Å². The molecule has 0 unspecified atom stereocenters. The summed E-state index contributed by atoms with van der Waals surface area (Å²) in [4.78, 5) is 12.4. The lowest BCUT2D eigenvalue weighted by Crippen LogP contribution is -2.34. The van der Waals surface area contributed by atoms with Gasteiger partial charge in [0.25, 0.3) is 0 Å². The monoisotopic (exact) mass is 261 g/mol. The van der Waals surface area contributed by atoms with Crippen molar-refractivity contribution >= 4 is 33.0 Å². The summed E-state index contributed by atoms with van der Waals surface area (Å²) < 4.78 is 0.867. The molecule has 72 valence electrons. The van der Waals surface area contributed by atoms with Gasteiger partial charge in [0.15, 0.2) is 5.78 Å². The molecule has 0 radical (unpaired) electrons. The van der Waals surface area contributed by atoms with Gasteiger partial charge in [-0.05, 0) is 41.2 Å². The quantitative estimate of drug-likeness (QED) is 0.851. The van der Waals surface area contributed by atoms with Crippen LogP contribution >= 0.6 is 27.3 Å². The van der Waals surface area contributed by atoms with Gasteiger partial charge in [-0.15, -0.1) is 11.3 Å². The number of carbonyl (C=O) groups excluding carboxylic acids is 1. The first-order valence-corrected chi connectivity index (χ1v) is 5.62. The fourth-order valence-corrected chi connectivity index (χ4v) is 2.52. The number of thiophene rings is 1. The Morgan fingerprint density at radius 3 is 2.69 bits per heavy atom. The van der Waals surface area contributed by atoms with Crippen LogP contribution in [0.2, 0.25) is 0 Å². The SMILES string of the molecule is CC(C)(N)CC(=O)c1sccc1Br. The molecule has 0 amide bonds. The van der Waals surface area contributed by atoms with E-state index in [4.69, 9.17) is 5.73 Å². The highest BCUT2D eigenvalue weighted by molar-refractivity contribution is 9.10. The van der Waals surface area contributed by atoms with Crippen LogP contribution in [0.1, 0.15) is 29.9 Å². The van der Waals surface area contributed by atoms with Gasteiger partial charge >= 0.3 is 0 Å². The van der Waals surface area contributed by atoms with E-state index < -0.39 is 5.54 Å². The van der Waals surface area contributed by atoms with Gasteiger partial charge in [0.2, 0.25) is 0 Å². The van der Waals surface area contributed by atoms with E-state index in [0.717, 1.165) is 9.35 Å². The molecule has 0 spiro atoms. The summed E-state index contributed by atoms with van der Waals surface area (Å²) in [6.45, 7) is 3.71. The summed E-state index contributed by atoms with van der Waals surface area (Å²) in [5.41, 5.74) is 5.33. The van der Waals surface area contributed by atoms with Crippen LogP contribution in [0.25, 0.3) is 0 Å². The number of hydrogen-bond acceptors (Lipinski definition) is 3. The molecule has 0 aliphatic rings. The average Bonchev–Trinajstić information content (AvgIpc) is 2.30. The Labute approximate surface area is 90.3 Å². The van der Waals surface area contributed by atoms with Crippen LogP contribution in [-0.4, -0.2) is 11.3 Å². The molecule has 2 N–H and O–H groups in total. The number of ketones is 1. The van der Waals surface area contributed by atoms with E-state index in [-0.39, 0.29) is 5.78 Å². The number of halogens is 1. The van der Waals surface area contributed by atoms with Crippen LogP contribution in [-0.2, 0) is 0 Å². The maximum absolute atomic E-state index is 11.6. The summed E-state index contributed by atoms with van der Waals surface area (Å²) >= 11 is 4.77. The van der Waals surface area contributed by atoms with Crippen LogP contribution in [0.15, 0.2) is 15.9 Å². The zero-order chi connectivity index (χ0) is 10.1. The minimum Gasteiger partial charge on any atom is -0.325 e. The third-order valence-corrected chi connectivity index (χ3v) is 3.37. The van der Waals surface area contributed by atoms with Gasteiger partial charge in [-0.25, -0.2) is 0 Å². The first-order chi connectivity index (χ1) is 5.90. The number of hydrogen-bond donors (Lipinski definition) is 1. The van der Waals surface area contributed by atoms with Gasteiger partial charge in [-0.1, -0.05) is 0 Å². The third-order valence-electron chi connectivity index (χ3n) is 1.49. The van der Waals surface area contributed by atoms with E-state index in [0.29, 0.717) is 6.42 Å². The van der Waals surface area contributed by atoms with Gasteiger partial charge in [0.05, 0.1) is 4.88 Å². The highest BCUT2D eigenvalue weighted by atomic mass is 79.9. The Hall–Kier alpha value is -0.190. The van der Waals surface area contributed by atoms with Crippen molar-refractivity contribution in [2.45, 2.75) is 25.8 Å². The molecule has 0 atom stereocenters. The van der Waals surface area contributed by atoms with Crippen molar-refractivity contribution in [3.8, 4) is 0 Å². The smallest absolute Gasteiger partial charge is 0.175 e. The van der Waals surface area contributed by atoms with E-state index in [1.807, 2.05) is 25.3 Å². The van der Waals surface area contributed by atoms with E-state index in [9.17, 15) is 4.79 Å². The van der Waals surface area contributed by atoms with Crippen LogP contribution < -0.4 is 5.73 Å². The zero-order valence-electron chi connectivity index (χ0n) is 7.63. The summed E-state index contributed by atoms with van der Waals surface area (Å²) in [5, 5.41) is 1.89. The molecule has 2 nitrogen and oxygen atoms in total. The van der Waals surface area contributed by atoms with Crippen molar-refractivity contribution in [2.24, 2.45) is 5.73 Å². The van der Waals surface area contributed by atoms with Crippen molar-refractivity contribution in [1.82, 2.24) is 0 Å². The normalized spacial score (nSPS) is 11.7. The van der Waals surface area contributed by atoms with Gasteiger partial charge in [-0.2, -0.15) is 0 Å². The summed E-state index contributed by atoms with van der Waals surface area (Å²) in [6.07, 6.45) is 0.381. The molecule has 1 aromatic rings. The predicted octanol–water partition coefficient (Wildman–Crippen LogP) is 2.82. The highest BCUT2D eigenvalue weighted by Crippen LogP contribution is 2.25. The highest BCUT2D eigenvalue weighted by Gasteiger charge is 2.19. The van der Waals surface area contributed by atoms with Crippen molar-refractivity contribution in [3.05, 3.63) is 20.8 Å². The van der Waals surface area contributed by atoms with E-state index in [2.05, 4.69) is 15.9 Å². The third kappa shape index (κ3) is 3.21. The maximum Gasteiger partial charge on any atom is 0.175 e. The van der Waals surface area contributed by atoms with E-state index in [1.165, 1.54) is 11.3 Å². The topological polar surface area (TPSA) is 43.1 Å². The second-order valence-electron chi connectivity index (χ2n) is 3.69. The van der Waals surface area contributed by atoms with Crippen molar-refractivity contribution < 1.29 is 4.79 Å². The molecule has 4 heteroatoms. The summed E-state index contributed by atoms with van der Waals surface area (Å²) in [6, 6.07) is 1.88. The van der Waals surface area contributed by atoms with Gasteiger partial charge in [0.1, 0.15) is 0 Å². The molecule has 0 fully saturated rings.